The van der Waals surface area contributed by atoms with Gasteiger partial charge in [0.1, 0.15) is 0 Å². The lowest BCUT2D eigenvalue weighted by atomic mass is 10.2. The minimum absolute atomic E-state index is 0.0701. The van der Waals surface area contributed by atoms with Crippen molar-refractivity contribution in [2.24, 2.45) is 0 Å². The number of carbonyl (C=O) groups is 1. The van der Waals surface area contributed by atoms with E-state index in [1.54, 1.807) is 0 Å². The highest BCUT2D eigenvalue weighted by Gasteiger charge is 2.20. The SMILES string of the molecule is Nc1scc2c(C(=O)O)nn(-c3ccc([N+](=O)[O-])cc3)c(=O)c12. The predicted octanol–water partition coefficient (Wildman–Crippen LogP) is 1.64. The Hall–Kier alpha value is -3.27. The van der Waals surface area contributed by atoms with Crippen LogP contribution in [0.5, 0.6) is 0 Å². The Morgan fingerprint density at radius 3 is 2.57 bits per heavy atom. The van der Waals surface area contributed by atoms with Gasteiger partial charge in [-0.15, -0.1) is 11.3 Å². The Balaban J connectivity index is 2.31. The summed E-state index contributed by atoms with van der Waals surface area (Å²) in [5.41, 5.74) is 4.90. The van der Waals surface area contributed by atoms with Gasteiger partial charge in [0, 0.05) is 22.9 Å². The molecule has 1 aromatic carbocycles. The quantitative estimate of drug-likeness (QED) is 0.548. The van der Waals surface area contributed by atoms with Crippen LogP contribution in [0.3, 0.4) is 0 Å². The van der Waals surface area contributed by atoms with Crippen molar-refractivity contribution in [1.29, 1.82) is 0 Å². The first-order chi connectivity index (χ1) is 10.9. The molecule has 3 N–H and O–H groups in total. The molecule has 0 radical (unpaired) electrons. The normalized spacial score (nSPS) is 10.8. The molecule has 2 heterocycles. The lowest BCUT2D eigenvalue weighted by Crippen LogP contribution is -2.24. The molecule has 0 atom stereocenters. The highest BCUT2D eigenvalue weighted by molar-refractivity contribution is 7.15. The number of hydrogen-bond acceptors (Lipinski definition) is 7. The zero-order valence-electron chi connectivity index (χ0n) is 11.3. The third-order valence-electron chi connectivity index (χ3n) is 3.19. The second kappa shape index (κ2) is 5.18. The average Bonchev–Trinajstić information content (AvgIpc) is 2.90. The Labute approximate surface area is 131 Å². The molecule has 116 valence electrons. The van der Waals surface area contributed by atoms with Crippen molar-refractivity contribution in [2.75, 3.05) is 5.73 Å². The lowest BCUT2D eigenvalue weighted by molar-refractivity contribution is -0.384. The number of nitro benzene ring substituents is 1. The van der Waals surface area contributed by atoms with Crippen molar-refractivity contribution in [3.8, 4) is 5.69 Å². The fourth-order valence-electron chi connectivity index (χ4n) is 2.12. The van der Waals surface area contributed by atoms with E-state index in [1.165, 1.54) is 29.6 Å². The van der Waals surface area contributed by atoms with Crippen LogP contribution in [0.15, 0.2) is 34.4 Å². The number of carboxylic acid groups (broad SMARTS) is 1. The van der Waals surface area contributed by atoms with Crippen molar-refractivity contribution in [3.05, 3.63) is 55.8 Å². The standard InChI is InChI=1S/C13H8N4O5S/c14-11-9-8(5-23-11)10(13(19)20)15-16(12(9)18)6-1-3-7(4-2-6)17(21)22/h1-5H,14H2,(H,19,20). The van der Waals surface area contributed by atoms with Crippen molar-refractivity contribution in [1.82, 2.24) is 9.78 Å². The van der Waals surface area contributed by atoms with Crippen LogP contribution in [0.1, 0.15) is 10.5 Å². The van der Waals surface area contributed by atoms with E-state index in [1.807, 2.05) is 0 Å². The van der Waals surface area contributed by atoms with Gasteiger partial charge in [-0.1, -0.05) is 0 Å². The molecule has 3 rings (SSSR count). The van der Waals surface area contributed by atoms with Crippen LogP contribution < -0.4 is 11.3 Å². The summed E-state index contributed by atoms with van der Waals surface area (Å²) < 4.78 is 0.874. The summed E-state index contributed by atoms with van der Waals surface area (Å²) in [6.45, 7) is 0. The summed E-state index contributed by atoms with van der Waals surface area (Å²) in [6, 6.07) is 5.02. The summed E-state index contributed by atoms with van der Waals surface area (Å²) in [5.74, 6) is -1.30. The van der Waals surface area contributed by atoms with E-state index in [0.717, 1.165) is 16.0 Å². The van der Waals surface area contributed by atoms with Gasteiger partial charge in [0.15, 0.2) is 5.69 Å². The van der Waals surface area contributed by atoms with E-state index in [4.69, 9.17) is 5.73 Å². The molecule has 0 bridgehead atoms. The van der Waals surface area contributed by atoms with Crippen LogP contribution in [0.2, 0.25) is 0 Å². The van der Waals surface area contributed by atoms with E-state index >= 15 is 0 Å². The predicted molar refractivity (Wildman–Crippen MR) is 83.2 cm³/mol. The number of nitrogens with two attached hydrogens (primary N) is 1. The summed E-state index contributed by atoms with van der Waals surface area (Å²) in [7, 11) is 0. The van der Waals surface area contributed by atoms with Crippen molar-refractivity contribution in [3.63, 3.8) is 0 Å². The summed E-state index contributed by atoms with van der Waals surface area (Å²) in [5, 5.41) is 25.7. The number of anilines is 1. The fourth-order valence-corrected chi connectivity index (χ4v) is 2.91. The zero-order chi connectivity index (χ0) is 16.7. The minimum atomic E-state index is -1.30. The van der Waals surface area contributed by atoms with Gasteiger partial charge in [-0.05, 0) is 12.1 Å². The number of nitro groups is 1. The van der Waals surface area contributed by atoms with E-state index in [0.29, 0.717) is 0 Å². The lowest BCUT2D eigenvalue weighted by Gasteiger charge is -2.07. The summed E-state index contributed by atoms with van der Waals surface area (Å²) in [4.78, 5) is 34.0. The topological polar surface area (TPSA) is 141 Å². The van der Waals surface area contributed by atoms with E-state index in [9.17, 15) is 24.8 Å². The Bertz CT molecular complexity index is 1010. The number of carboxylic acids is 1. The number of benzene rings is 1. The summed E-state index contributed by atoms with van der Waals surface area (Å²) >= 11 is 1.05. The number of rotatable bonds is 3. The van der Waals surface area contributed by atoms with Gasteiger partial charge in [0.2, 0.25) is 0 Å². The van der Waals surface area contributed by atoms with E-state index in [2.05, 4.69) is 5.10 Å². The largest absolute Gasteiger partial charge is 0.476 e. The van der Waals surface area contributed by atoms with Gasteiger partial charge in [-0.25, -0.2) is 4.79 Å². The van der Waals surface area contributed by atoms with Gasteiger partial charge in [-0.3, -0.25) is 14.9 Å². The van der Waals surface area contributed by atoms with Crippen molar-refractivity contribution in [2.45, 2.75) is 0 Å². The average molecular weight is 332 g/mol. The van der Waals surface area contributed by atoms with E-state index < -0.39 is 16.5 Å². The molecular weight excluding hydrogens is 324 g/mol. The number of thiophene rings is 1. The maximum absolute atomic E-state index is 12.5. The summed E-state index contributed by atoms with van der Waals surface area (Å²) in [6.07, 6.45) is 0. The molecule has 0 aliphatic heterocycles. The van der Waals surface area contributed by atoms with Gasteiger partial charge < -0.3 is 10.8 Å². The Morgan fingerprint density at radius 2 is 2.00 bits per heavy atom. The third kappa shape index (κ3) is 2.30. The number of fused-ring (bicyclic) bond motifs is 1. The number of non-ortho nitro benzene ring substituents is 1. The van der Waals surface area contributed by atoms with Crippen molar-refractivity contribution < 1.29 is 14.8 Å². The van der Waals surface area contributed by atoms with Gasteiger partial charge >= 0.3 is 5.97 Å². The van der Waals surface area contributed by atoms with Crippen LogP contribution in [0, 0.1) is 10.1 Å². The van der Waals surface area contributed by atoms with E-state index in [-0.39, 0.29) is 32.8 Å². The first kappa shape index (κ1) is 14.7. The zero-order valence-corrected chi connectivity index (χ0v) is 12.1. The molecule has 0 aliphatic rings. The highest BCUT2D eigenvalue weighted by Crippen LogP contribution is 2.27. The molecule has 0 saturated heterocycles. The monoisotopic (exact) mass is 332 g/mol. The second-order valence-electron chi connectivity index (χ2n) is 4.53. The first-order valence-electron chi connectivity index (χ1n) is 6.18. The number of hydrogen-bond donors (Lipinski definition) is 2. The van der Waals surface area contributed by atoms with Gasteiger partial charge in [0.25, 0.3) is 11.2 Å². The molecule has 10 heteroatoms. The van der Waals surface area contributed by atoms with Crippen LogP contribution in [0.25, 0.3) is 16.5 Å². The van der Waals surface area contributed by atoms with Gasteiger partial charge in [0.05, 0.1) is 21.0 Å². The molecule has 0 aliphatic carbocycles. The molecule has 3 aromatic rings. The van der Waals surface area contributed by atoms with Crippen LogP contribution in [0.4, 0.5) is 10.7 Å². The first-order valence-corrected chi connectivity index (χ1v) is 7.06. The van der Waals surface area contributed by atoms with Gasteiger partial charge in [-0.2, -0.15) is 9.78 Å². The molecule has 0 saturated carbocycles. The third-order valence-corrected chi connectivity index (χ3v) is 4.00. The molecule has 0 unspecified atom stereocenters. The minimum Gasteiger partial charge on any atom is -0.476 e. The molecule has 0 fully saturated rings. The smallest absolute Gasteiger partial charge is 0.357 e. The fraction of sp³-hybridized carbons (Fsp3) is 0. The van der Waals surface area contributed by atoms with Crippen LogP contribution in [-0.2, 0) is 0 Å². The molecule has 2 aromatic heterocycles. The Kier molecular flexibility index (Phi) is 3.30. The maximum atomic E-state index is 12.5. The van der Waals surface area contributed by atoms with Crippen LogP contribution in [-0.4, -0.2) is 25.8 Å². The molecule has 0 amide bonds. The number of nitrogens with zero attached hydrogens (tertiary/aromatic N) is 3. The number of nitrogen functional groups attached to an aromatic ring is 1. The second-order valence-corrected chi connectivity index (χ2v) is 5.44. The van der Waals surface area contributed by atoms with Crippen molar-refractivity contribution >= 4 is 38.8 Å². The van der Waals surface area contributed by atoms with Crippen LogP contribution >= 0.6 is 11.3 Å². The molecule has 0 spiro atoms. The molecular formula is C13H8N4O5S. The molecule has 23 heavy (non-hydrogen) atoms. The molecule has 9 nitrogen and oxygen atoms in total. The maximum Gasteiger partial charge on any atom is 0.357 e. The Morgan fingerprint density at radius 1 is 1.35 bits per heavy atom. The number of aromatic carboxylic acids is 1. The number of aromatic nitrogens is 2. The highest BCUT2D eigenvalue weighted by atomic mass is 32.1.